The molecule has 0 bridgehead atoms. The number of hydrogen-bond donors (Lipinski definition) is 1. The largest absolute Gasteiger partial charge is 0.444 e. The van der Waals surface area contributed by atoms with E-state index in [2.05, 4.69) is 15.4 Å². The van der Waals surface area contributed by atoms with Gasteiger partial charge in [-0.05, 0) is 75.7 Å². The molecule has 6 rings (SSSR count). The molecular weight excluding hydrogens is 669 g/mol. The van der Waals surface area contributed by atoms with Gasteiger partial charge < -0.3 is 19.9 Å². The second kappa shape index (κ2) is 11.2. The molecule has 2 amide bonds. The monoisotopic (exact) mass is 703 g/mol. The van der Waals surface area contributed by atoms with E-state index in [1.165, 1.54) is 9.80 Å². The Morgan fingerprint density at radius 3 is 2.31 bits per heavy atom. The van der Waals surface area contributed by atoms with Crippen LogP contribution < -0.4 is 10.2 Å². The predicted molar refractivity (Wildman–Crippen MR) is 178 cm³/mol. The van der Waals surface area contributed by atoms with E-state index in [0.29, 0.717) is 23.1 Å². The molecule has 260 valence electrons. The Morgan fingerprint density at radius 2 is 1.65 bits per heavy atom. The van der Waals surface area contributed by atoms with E-state index in [1.807, 2.05) is 23.6 Å². The summed E-state index contributed by atoms with van der Waals surface area (Å²) in [4.78, 5) is 30.7. The number of nitrogens with zero attached hydrogens (tertiary/aromatic N) is 6. The highest BCUT2D eigenvalue weighted by molar-refractivity contribution is 8.45. The standard InChI is InChI=1S/C33H34F5N7O3S/c1-22-7-8-25(18-29(22)44-14-15-45-30(44)20-28(41-45)23-6-5-9-39-21-23)40-31(46)24-16-26(19-27(17-24)49(34,35,36,37)38)42-10-12-43(13-11-42)32(47)48-33(2,3)4/h5-9,14-21H,10-13H2,1-4H3,(H,40,46). The average Bonchev–Trinajstić information content (AvgIpc) is 3.62. The lowest BCUT2D eigenvalue weighted by molar-refractivity contribution is 0.0240. The molecule has 1 aliphatic rings. The summed E-state index contributed by atoms with van der Waals surface area (Å²) in [6.45, 7) is 7.19. The molecule has 5 aromatic rings. The maximum Gasteiger partial charge on any atom is 0.410 e. The number of ether oxygens (including phenoxy) is 1. The Labute approximate surface area is 278 Å². The summed E-state index contributed by atoms with van der Waals surface area (Å²) in [7, 11) is -10.2. The van der Waals surface area contributed by atoms with E-state index in [9.17, 15) is 29.0 Å². The second-order valence-electron chi connectivity index (χ2n) is 12.8. The molecule has 2 aromatic carbocycles. The highest BCUT2D eigenvalue weighted by Gasteiger charge is 2.65. The lowest BCUT2D eigenvalue weighted by Crippen LogP contribution is -2.50. The first-order valence-corrected chi connectivity index (χ1v) is 17.2. The van der Waals surface area contributed by atoms with Gasteiger partial charge in [0.05, 0.1) is 11.4 Å². The Balaban J connectivity index is 1.28. The summed E-state index contributed by atoms with van der Waals surface area (Å²) in [5, 5.41) is 7.16. The zero-order chi connectivity index (χ0) is 35.4. The molecule has 1 N–H and O–H groups in total. The zero-order valence-electron chi connectivity index (χ0n) is 27.0. The number of halogens is 5. The molecular formula is C33H34F5N7O3S. The number of anilines is 2. The third kappa shape index (κ3) is 7.48. The van der Waals surface area contributed by atoms with Crippen LogP contribution in [0.25, 0.3) is 22.6 Å². The van der Waals surface area contributed by atoms with E-state index in [1.54, 1.807) is 74.3 Å². The van der Waals surface area contributed by atoms with Gasteiger partial charge in [0.1, 0.15) is 16.1 Å². The van der Waals surface area contributed by atoms with Crippen molar-refractivity contribution in [3.8, 4) is 16.9 Å². The lowest BCUT2D eigenvalue weighted by atomic mass is 10.1. The minimum absolute atomic E-state index is 0.0355. The van der Waals surface area contributed by atoms with Crippen LogP contribution in [0.5, 0.6) is 0 Å². The number of carbonyl (C=O) groups excluding carboxylic acids is 2. The number of carbonyl (C=O) groups is 2. The first-order chi connectivity index (χ1) is 22.7. The van der Waals surface area contributed by atoms with Gasteiger partial charge in [0.25, 0.3) is 5.91 Å². The van der Waals surface area contributed by atoms with Crippen molar-refractivity contribution < 1.29 is 33.8 Å². The second-order valence-corrected chi connectivity index (χ2v) is 15.2. The van der Waals surface area contributed by atoms with Gasteiger partial charge in [0, 0.05) is 79.5 Å². The number of aromatic nitrogens is 4. The third-order valence-electron chi connectivity index (χ3n) is 7.90. The van der Waals surface area contributed by atoms with E-state index >= 15 is 0 Å². The normalized spacial score (nSPS) is 15.5. The van der Waals surface area contributed by atoms with Crippen molar-refractivity contribution in [3.63, 3.8) is 0 Å². The number of pyridine rings is 1. The van der Waals surface area contributed by atoms with Crippen LogP contribution >= 0.6 is 10.2 Å². The maximum absolute atomic E-state index is 14.1. The average molecular weight is 704 g/mol. The van der Waals surface area contributed by atoms with Gasteiger partial charge in [-0.1, -0.05) is 25.5 Å². The Hall–Kier alpha value is -5.12. The summed E-state index contributed by atoms with van der Waals surface area (Å²) in [6.07, 6.45) is 6.28. The molecule has 49 heavy (non-hydrogen) atoms. The van der Waals surface area contributed by atoms with Crippen molar-refractivity contribution in [2.24, 2.45) is 0 Å². The van der Waals surface area contributed by atoms with Gasteiger partial charge in [-0.3, -0.25) is 14.3 Å². The third-order valence-corrected chi connectivity index (χ3v) is 9.03. The molecule has 0 atom stereocenters. The Bertz CT molecular complexity index is 2070. The summed E-state index contributed by atoms with van der Waals surface area (Å²) in [5.41, 5.74) is 2.33. The Kier molecular flexibility index (Phi) is 7.73. The number of amides is 2. The molecule has 0 radical (unpaired) electrons. The molecule has 1 fully saturated rings. The summed E-state index contributed by atoms with van der Waals surface area (Å²) in [5.74, 6) is -1.01. The number of fused-ring (bicyclic) bond motifs is 1. The van der Waals surface area contributed by atoms with Crippen molar-refractivity contribution >= 4 is 39.2 Å². The number of piperazine rings is 1. The number of nitrogens with one attached hydrogen (secondary N) is 1. The van der Waals surface area contributed by atoms with Crippen LogP contribution in [0.15, 0.2) is 84.3 Å². The van der Waals surface area contributed by atoms with Crippen LogP contribution in [-0.4, -0.2) is 67.8 Å². The Morgan fingerprint density at radius 1 is 0.918 bits per heavy atom. The predicted octanol–water partition coefficient (Wildman–Crippen LogP) is 8.46. The number of hydrogen-bond acceptors (Lipinski definition) is 6. The summed E-state index contributed by atoms with van der Waals surface area (Å²) >= 11 is 0. The van der Waals surface area contributed by atoms with Gasteiger partial charge in [-0.2, -0.15) is 5.10 Å². The number of aryl methyl sites for hydroxylation is 1. The molecule has 10 nitrogen and oxygen atoms in total. The van der Waals surface area contributed by atoms with Crippen LogP contribution in [0, 0.1) is 6.92 Å². The lowest BCUT2D eigenvalue weighted by Gasteiger charge is -2.42. The molecule has 0 aliphatic carbocycles. The van der Waals surface area contributed by atoms with E-state index in [-0.39, 0.29) is 43.6 Å². The highest BCUT2D eigenvalue weighted by atomic mass is 32.5. The maximum atomic E-state index is 14.1. The molecule has 4 heterocycles. The van der Waals surface area contributed by atoms with E-state index in [0.717, 1.165) is 17.2 Å². The minimum Gasteiger partial charge on any atom is -0.444 e. The van der Waals surface area contributed by atoms with Gasteiger partial charge in [-0.15, -0.1) is 0 Å². The number of rotatable bonds is 6. The van der Waals surface area contributed by atoms with Crippen LogP contribution in [0.4, 0.5) is 35.6 Å². The van der Waals surface area contributed by atoms with Crippen molar-refractivity contribution in [2.75, 3.05) is 36.4 Å². The first kappa shape index (κ1) is 33.8. The number of benzene rings is 2. The molecule has 0 unspecified atom stereocenters. The quantitative estimate of drug-likeness (QED) is 0.178. The van der Waals surface area contributed by atoms with Gasteiger partial charge in [0.15, 0.2) is 0 Å². The van der Waals surface area contributed by atoms with Gasteiger partial charge in [-0.25, -0.2) is 9.31 Å². The smallest absolute Gasteiger partial charge is 0.410 e. The van der Waals surface area contributed by atoms with Gasteiger partial charge >= 0.3 is 16.3 Å². The fourth-order valence-corrected chi connectivity index (χ4v) is 6.18. The van der Waals surface area contributed by atoms with E-state index in [4.69, 9.17) is 4.74 Å². The molecule has 3 aromatic heterocycles. The number of imidazole rings is 1. The van der Waals surface area contributed by atoms with Crippen molar-refractivity contribution in [2.45, 2.75) is 38.2 Å². The molecule has 1 saturated heterocycles. The van der Waals surface area contributed by atoms with Crippen LogP contribution in [0.2, 0.25) is 0 Å². The van der Waals surface area contributed by atoms with Crippen molar-refractivity contribution in [3.05, 3.63) is 90.5 Å². The molecule has 0 saturated carbocycles. The molecule has 1 aliphatic heterocycles. The van der Waals surface area contributed by atoms with Crippen LogP contribution in [-0.2, 0) is 4.74 Å². The fourth-order valence-electron chi connectivity index (χ4n) is 5.48. The first-order valence-electron chi connectivity index (χ1n) is 15.3. The van der Waals surface area contributed by atoms with Crippen molar-refractivity contribution in [1.29, 1.82) is 0 Å². The highest BCUT2D eigenvalue weighted by Crippen LogP contribution is 3.02. The summed E-state index contributed by atoms with van der Waals surface area (Å²) in [6, 6.07) is 12.1. The molecule has 0 spiro atoms. The minimum atomic E-state index is -10.2. The van der Waals surface area contributed by atoms with E-state index < -0.39 is 38.3 Å². The topological polar surface area (TPSA) is 97.0 Å². The van der Waals surface area contributed by atoms with Crippen LogP contribution in [0.3, 0.4) is 0 Å². The summed E-state index contributed by atoms with van der Waals surface area (Å²) < 4.78 is 79.6. The SMILES string of the molecule is Cc1ccc(NC(=O)c2cc(N3CCN(C(=O)OC(C)(C)C)CC3)cc(S(F)(F)(F)(F)F)c2)cc1-n1ccn2nc(-c3cccnc3)cc12. The van der Waals surface area contributed by atoms with Gasteiger partial charge in [0.2, 0.25) is 0 Å². The van der Waals surface area contributed by atoms with Crippen molar-refractivity contribution in [1.82, 2.24) is 24.1 Å². The fraction of sp³-hybridized carbons (Fsp3) is 0.273. The zero-order valence-corrected chi connectivity index (χ0v) is 27.9. The van der Waals surface area contributed by atoms with Crippen LogP contribution in [0.1, 0.15) is 36.7 Å². The molecule has 16 heteroatoms.